The summed E-state index contributed by atoms with van der Waals surface area (Å²) in [5, 5.41) is 0. The van der Waals surface area contributed by atoms with Crippen LogP contribution in [0.4, 0.5) is 5.82 Å². The Morgan fingerprint density at radius 1 is 1.53 bits per heavy atom. The maximum absolute atomic E-state index is 12.0. The largest absolute Gasteiger partial charge is 0.379 e. The van der Waals surface area contributed by atoms with E-state index in [1.165, 1.54) is 4.57 Å². The van der Waals surface area contributed by atoms with Crippen LogP contribution in [-0.2, 0) is 11.8 Å². The lowest BCUT2D eigenvalue weighted by atomic mass is 9.75. The number of rotatable bonds is 1. The molecule has 103 valence electrons. The molecule has 0 unspecified atom stereocenters. The number of nitrogens with two attached hydrogens (primary N) is 1. The van der Waals surface area contributed by atoms with Crippen LogP contribution < -0.4 is 16.2 Å². The van der Waals surface area contributed by atoms with Gasteiger partial charge in [0.15, 0.2) is 5.82 Å². The standard InChI is InChI=1S/C13H19N4O2/c1-16-7-4-15-11(12(16)18)17-5-2-13(3-6-17)9-19-8-10(13)14/h4,10H,2-3,5-6,8-9,14H2,1H3/t10-/m1/s1. The fourth-order valence-electron chi connectivity index (χ4n) is 3.01. The molecule has 0 amide bonds. The second kappa shape index (κ2) is 4.61. The van der Waals surface area contributed by atoms with Crippen molar-refractivity contribution in [2.24, 2.45) is 18.2 Å². The van der Waals surface area contributed by atoms with E-state index < -0.39 is 0 Å². The van der Waals surface area contributed by atoms with Crippen LogP contribution in [0.5, 0.6) is 0 Å². The Balaban J connectivity index is 1.77. The van der Waals surface area contributed by atoms with Crippen LogP contribution in [0.3, 0.4) is 0 Å². The molecule has 1 aromatic rings. The highest BCUT2D eigenvalue weighted by molar-refractivity contribution is 5.36. The van der Waals surface area contributed by atoms with E-state index in [1.54, 1.807) is 13.2 Å². The van der Waals surface area contributed by atoms with Crippen LogP contribution in [-0.4, -0.2) is 41.9 Å². The van der Waals surface area contributed by atoms with Gasteiger partial charge in [0.2, 0.25) is 0 Å². The highest BCUT2D eigenvalue weighted by Crippen LogP contribution is 2.38. The summed E-state index contributed by atoms with van der Waals surface area (Å²) in [6.45, 7) is 3.02. The smallest absolute Gasteiger partial charge is 0.293 e. The minimum atomic E-state index is -0.0922. The lowest BCUT2D eigenvalue weighted by Gasteiger charge is -2.40. The van der Waals surface area contributed by atoms with Crippen LogP contribution in [0.1, 0.15) is 12.8 Å². The molecule has 2 aliphatic rings. The zero-order valence-corrected chi connectivity index (χ0v) is 11.1. The van der Waals surface area contributed by atoms with Crippen LogP contribution in [0.15, 0.2) is 11.0 Å². The molecule has 0 aromatic carbocycles. The molecule has 3 rings (SSSR count). The van der Waals surface area contributed by atoms with Crippen molar-refractivity contribution in [2.45, 2.75) is 18.9 Å². The molecule has 0 aliphatic carbocycles. The highest BCUT2D eigenvalue weighted by atomic mass is 16.5. The zero-order valence-electron chi connectivity index (χ0n) is 11.1. The third kappa shape index (κ3) is 2.04. The molecule has 2 aliphatic heterocycles. The van der Waals surface area contributed by atoms with Gasteiger partial charge in [-0.3, -0.25) is 4.79 Å². The van der Waals surface area contributed by atoms with E-state index >= 15 is 0 Å². The molecule has 6 heteroatoms. The Morgan fingerprint density at radius 2 is 2.26 bits per heavy atom. The van der Waals surface area contributed by atoms with Gasteiger partial charge in [-0.15, -0.1) is 0 Å². The van der Waals surface area contributed by atoms with Gasteiger partial charge in [0.25, 0.3) is 5.56 Å². The monoisotopic (exact) mass is 263 g/mol. The topological polar surface area (TPSA) is 73.4 Å². The predicted octanol–water partition coefficient (Wildman–Crippen LogP) is -0.475. The number of piperidine rings is 1. The number of nitrogens with zero attached hydrogens (tertiary/aromatic N) is 3. The second-order valence-electron chi connectivity index (χ2n) is 5.55. The molecule has 3 heterocycles. The Labute approximate surface area is 112 Å². The van der Waals surface area contributed by atoms with Gasteiger partial charge in [0.05, 0.1) is 25.6 Å². The average molecular weight is 263 g/mol. The second-order valence-corrected chi connectivity index (χ2v) is 5.55. The average Bonchev–Trinajstić information content (AvgIpc) is 2.76. The maximum atomic E-state index is 12.0. The molecule has 19 heavy (non-hydrogen) atoms. The quantitative estimate of drug-likeness (QED) is 0.741. The summed E-state index contributed by atoms with van der Waals surface area (Å²) in [7, 11) is 1.69. The fourth-order valence-corrected chi connectivity index (χ4v) is 3.01. The zero-order chi connectivity index (χ0) is 13.5. The maximum Gasteiger partial charge on any atom is 0.293 e. The van der Waals surface area contributed by atoms with E-state index in [9.17, 15) is 4.79 Å². The van der Waals surface area contributed by atoms with Crippen molar-refractivity contribution in [2.75, 3.05) is 31.2 Å². The third-order valence-electron chi connectivity index (χ3n) is 4.47. The summed E-state index contributed by atoms with van der Waals surface area (Å²) in [4.78, 5) is 18.2. The highest BCUT2D eigenvalue weighted by Gasteiger charge is 2.44. The van der Waals surface area contributed by atoms with Crippen LogP contribution in [0.25, 0.3) is 0 Å². The number of aromatic nitrogens is 2. The van der Waals surface area contributed by atoms with Gasteiger partial charge in [-0.25, -0.2) is 4.98 Å². The summed E-state index contributed by atoms with van der Waals surface area (Å²) >= 11 is 0. The van der Waals surface area contributed by atoms with Gasteiger partial charge < -0.3 is 19.9 Å². The van der Waals surface area contributed by atoms with Crippen molar-refractivity contribution in [3.8, 4) is 0 Å². The Bertz CT molecular complexity index is 520. The van der Waals surface area contributed by atoms with Gasteiger partial charge in [-0.2, -0.15) is 0 Å². The van der Waals surface area contributed by atoms with Gasteiger partial charge in [-0.05, 0) is 12.8 Å². The molecule has 0 saturated carbocycles. The van der Waals surface area contributed by atoms with E-state index in [4.69, 9.17) is 10.5 Å². The molecular weight excluding hydrogens is 244 g/mol. The molecule has 1 spiro atoms. The summed E-state index contributed by atoms with van der Waals surface area (Å²) in [5.41, 5.74) is 6.16. The van der Waals surface area contributed by atoms with Crippen molar-refractivity contribution < 1.29 is 4.74 Å². The van der Waals surface area contributed by atoms with E-state index in [1.807, 2.05) is 4.90 Å². The summed E-state index contributed by atoms with van der Waals surface area (Å²) in [6, 6.07) is 0.120. The first kappa shape index (κ1) is 12.6. The number of hydrogen-bond donors (Lipinski definition) is 1. The fraction of sp³-hybridized carbons (Fsp3) is 0.692. The number of anilines is 1. The predicted molar refractivity (Wildman–Crippen MR) is 71.0 cm³/mol. The summed E-state index contributed by atoms with van der Waals surface area (Å²) < 4.78 is 6.95. The minimum Gasteiger partial charge on any atom is -0.379 e. The molecule has 1 aromatic heterocycles. The molecule has 1 atom stereocenters. The lowest BCUT2D eigenvalue weighted by molar-refractivity contribution is 0.131. The van der Waals surface area contributed by atoms with Crippen molar-refractivity contribution in [3.05, 3.63) is 22.7 Å². The molecule has 2 N–H and O–H groups in total. The van der Waals surface area contributed by atoms with Gasteiger partial charge in [0.1, 0.15) is 0 Å². The summed E-state index contributed by atoms with van der Waals surface area (Å²) in [5.74, 6) is 0.517. The number of ether oxygens (including phenoxy) is 1. The third-order valence-corrected chi connectivity index (χ3v) is 4.47. The molecule has 2 fully saturated rings. The van der Waals surface area contributed by atoms with Crippen LogP contribution in [0.2, 0.25) is 0 Å². The van der Waals surface area contributed by atoms with Crippen molar-refractivity contribution >= 4 is 5.82 Å². The molecule has 1 radical (unpaired) electrons. The first-order valence-electron chi connectivity index (χ1n) is 6.64. The molecule has 2 saturated heterocycles. The minimum absolute atomic E-state index is 0.0922. The van der Waals surface area contributed by atoms with E-state index in [0.29, 0.717) is 12.4 Å². The van der Waals surface area contributed by atoms with E-state index in [2.05, 4.69) is 11.2 Å². The Kier molecular flexibility index (Phi) is 3.06. The van der Waals surface area contributed by atoms with E-state index in [0.717, 1.165) is 32.5 Å². The van der Waals surface area contributed by atoms with E-state index in [-0.39, 0.29) is 17.0 Å². The van der Waals surface area contributed by atoms with Crippen molar-refractivity contribution in [3.63, 3.8) is 0 Å². The van der Waals surface area contributed by atoms with Crippen molar-refractivity contribution in [1.82, 2.24) is 9.55 Å². The molecular formula is C13H19N4O2. The van der Waals surface area contributed by atoms with Crippen molar-refractivity contribution in [1.29, 1.82) is 0 Å². The lowest BCUT2D eigenvalue weighted by Crippen LogP contribution is -2.50. The van der Waals surface area contributed by atoms with Crippen LogP contribution >= 0.6 is 0 Å². The first-order valence-corrected chi connectivity index (χ1v) is 6.64. The summed E-state index contributed by atoms with van der Waals surface area (Å²) in [6.07, 6.45) is 6.22. The SMILES string of the molecule is Cn1[c]cnc(N2CCC3(CC2)COC[C@H]3N)c1=O. The molecule has 6 nitrogen and oxygen atoms in total. The number of hydrogen-bond acceptors (Lipinski definition) is 5. The number of aryl methyl sites for hydroxylation is 1. The molecule has 0 bridgehead atoms. The van der Waals surface area contributed by atoms with Gasteiger partial charge >= 0.3 is 0 Å². The first-order chi connectivity index (χ1) is 9.12. The van der Waals surface area contributed by atoms with Crippen LogP contribution in [0, 0.1) is 11.6 Å². The Hall–Kier alpha value is -1.40. The van der Waals surface area contributed by atoms with Gasteiger partial charge in [0, 0.05) is 31.6 Å². The van der Waals surface area contributed by atoms with Gasteiger partial charge in [-0.1, -0.05) is 0 Å². The normalized spacial score (nSPS) is 26.0. The Morgan fingerprint density at radius 3 is 2.89 bits per heavy atom.